The predicted octanol–water partition coefficient (Wildman–Crippen LogP) is 2.40. The van der Waals surface area contributed by atoms with Gasteiger partial charge in [0.1, 0.15) is 5.75 Å². The lowest BCUT2D eigenvalue weighted by Gasteiger charge is -2.11. The molecule has 0 saturated carbocycles. The fourth-order valence-electron chi connectivity index (χ4n) is 2.28. The summed E-state index contributed by atoms with van der Waals surface area (Å²) < 4.78 is 10.2. The topological polar surface area (TPSA) is 76.7 Å². The van der Waals surface area contributed by atoms with Crippen molar-refractivity contribution in [2.75, 3.05) is 19.5 Å². The second kappa shape index (κ2) is 8.84. The summed E-state index contributed by atoms with van der Waals surface area (Å²) in [6.45, 7) is 2.69. The van der Waals surface area contributed by atoms with Gasteiger partial charge < -0.3 is 20.1 Å². The molecule has 2 aromatic rings. The third-order valence-corrected chi connectivity index (χ3v) is 3.60. The fraction of sp³-hybridized carbons (Fsp3) is 0.263. The van der Waals surface area contributed by atoms with E-state index in [1.165, 1.54) is 7.11 Å². The van der Waals surface area contributed by atoms with Gasteiger partial charge in [-0.2, -0.15) is 0 Å². The van der Waals surface area contributed by atoms with Gasteiger partial charge in [-0.1, -0.05) is 30.3 Å². The molecule has 0 aliphatic heterocycles. The fourth-order valence-corrected chi connectivity index (χ4v) is 2.28. The van der Waals surface area contributed by atoms with Crippen LogP contribution in [0.4, 0.5) is 5.69 Å². The van der Waals surface area contributed by atoms with E-state index >= 15 is 0 Å². The summed E-state index contributed by atoms with van der Waals surface area (Å²) in [5.74, 6) is -0.940. The van der Waals surface area contributed by atoms with Crippen LogP contribution in [0.25, 0.3) is 0 Å². The number of benzene rings is 2. The molecule has 2 N–H and O–H groups in total. The number of aryl methyl sites for hydroxylation is 1. The van der Waals surface area contributed by atoms with Crippen molar-refractivity contribution >= 4 is 17.5 Å². The van der Waals surface area contributed by atoms with Crippen LogP contribution in [0.3, 0.4) is 0 Å². The zero-order valence-electron chi connectivity index (χ0n) is 14.6. The first-order chi connectivity index (χ1) is 12.0. The van der Waals surface area contributed by atoms with Crippen molar-refractivity contribution in [1.82, 2.24) is 5.32 Å². The predicted molar refractivity (Wildman–Crippen MR) is 95.4 cm³/mol. The normalized spacial score (nSPS) is 10.2. The average Bonchev–Trinajstić information content (AvgIpc) is 2.61. The van der Waals surface area contributed by atoms with Crippen LogP contribution >= 0.6 is 0 Å². The van der Waals surface area contributed by atoms with E-state index in [1.807, 2.05) is 37.3 Å². The SMILES string of the molecule is COCc1ccc(CNC(=O)C(=O)Nc2cc(C)ccc2OC)cc1. The summed E-state index contributed by atoms with van der Waals surface area (Å²) in [6.07, 6.45) is 0. The molecule has 2 amide bonds. The van der Waals surface area contributed by atoms with Gasteiger partial charge in [0.2, 0.25) is 0 Å². The maximum Gasteiger partial charge on any atom is 0.313 e. The minimum Gasteiger partial charge on any atom is -0.495 e. The first kappa shape index (κ1) is 18.5. The molecule has 0 aromatic heterocycles. The van der Waals surface area contributed by atoms with E-state index in [9.17, 15) is 9.59 Å². The molecule has 0 bridgehead atoms. The van der Waals surface area contributed by atoms with Gasteiger partial charge in [-0.25, -0.2) is 0 Å². The number of hydrogen-bond donors (Lipinski definition) is 2. The number of rotatable bonds is 6. The zero-order chi connectivity index (χ0) is 18.2. The van der Waals surface area contributed by atoms with Gasteiger partial charge in [0.25, 0.3) is 0 Å². The highest BCUT2D eigenvalue weighted by Gasteiger charge is 2.15. The van der Waals surface area contributed by atoms with Crippen molar-refractivity contribution in [3.8, 4) is 5.75 Å². The maximum atomic E-state index is 12.1. The number of ether oxygens (including phenoxy) is 2. The summed E-state index contributed by atoms with van der Waals surface area (Å²) in [5, 5.41) is 5.17. The summed E-state index contributed by atoms with van der Waals surface area (Å²) in [7, 11) is 3.14. The summed E-state index contributed by atoms with van der Waals surface area (Å²) >= 11 is 0. The van der Waals surface area contributed by atoms with Crippen molar-refractivity contribution in [2.45, 2.75) is 20.1 Å². The van der Waals surface area contributed by atoms with Crippen molar-refractivity contribution < 1.29 is 19.1 Å². The van der Waals surface area contributed by atoms with Gasteiger partial charge in [-0.05, 0) is 35.7 Å². The molecule has 0 atom stereocenters. The lowest BCUT2D eigenvalue weighted by atomic mass is 10.1. The largest absolute Gasteiger partial charge is 0.495 e. The number of nitrogens with one attached hydrogen (secondary N) is 2. The molecule has 0 radical (unpaired) electrons. The van der Waals surface area contributed by atoms with Crippen molar-refractivity contribution in [3.63, 3.8) is 0 Å². The molecule has 0 unspecified atom stereocenters. The Labute approximate surface area is 147 Å². The number of hydrogen-bond acceptors (Lipinski definition) is 4. The zero-order valence-corrected chi connectivity index (χ0v) is 14.6. The van der Waals surface area contributed by atoms with E-state index in [1.54, 1.807) is 19.2 Å². The van der Waals surface area contributed by atoms with Crippen molar-refractivity contribution in [3.05, 3.63) is 59.2 Å². The third-order valence-electron chi connectivity index (χ3n) is 3.60. The highest BCUT2D eigenvalue weighted by molar-refractivity contribution is 6.39. The highest BCUT2D eigenvalue weighted by Crippen LogP contribution is 2.24. The smallest absolute Gasteiger partial charge is 0.313 e. The number of anilines is 1. The number of carbonyl (C=O) groups is 2. The van der Waals surface area contributed by atoms with Crippen LogP contribution in [0.15, 0.2) is 42.5 Å². The molecule has 25 heavy (non-hydrogen) atoms. The van der Waals surface area contributed by atoms with E-state index in [2.05, 4.69) is 10.6 Å². The molecule has 0 fully saturated rings. The molecule has 132 valence electrons. The molecule has 0 aliphatic rings. The molecular weight excluding hydrogens is 320 g/mol. The van der Waals surface area contributed by atoms with Crippen LogP contribution in [-0.4, -0.2) is 26.0 Å². The Bertz CT molecular complexity index is 742. The van der Waals surface area contributed by atoms with Crippen LogP contribution < -0.4 is 15.4 Å². The van der Waals surface area contributed by atoms with Crippen molar-refractivity contribution in [2.24, 2.45) is 0 Å². The Morgan fingerprint density at radius 3 is 2.28 bits per heavy atom. The van der Waals surface area contributed by atoms with Gasteiger partial charge in [-0.15, -0.1) is 0 Å². The molecular formula is C19H22N2O4. The minimum absolute atomic E-state index is 0.268. The Kier molecular flexibility index (Phi) is 6.54. The van der Waals surface area contributed by atoms with Gasteiger partial charge in [0, 0.05) is 13.7 Å². The Balaban J connectivity index is 1.92. The van der Waals surface area contributed by atoms with Gasteiger partial charge in [-0.3, -0.25) is 9.59 Å². The van der Waals surface area contributed by atoms with E-state index in [0.29, 0.717) is 18.0 Å². The van der Waals surface area contributed by atoms with Crippen LogP contribution in [0.1, 0.15) is 16.7 Å². The maximum absolute atomic E-state index is 12.1. The summed E-state index contributed by atoms with van der Waals surface area (Å²) in [5.41, 5.74) is 3.36. The first-order valence-electron chi connectivity index (χ1n) is 7.84. The van der Waals surface area contributed by atoms with Crippen LogP contribution in [0.2, 0.25) is 0 Å². The quantitative estimate of drug-likeness (QED) is 0.791. The summed E-state index contributed by atoms with van der Waals surface area (Å²) in [4.78, 5) is 24.0. The van der Waals surface area contributed by atoms with E-state index in [0.717, 1.165) is 16.7 Å². The molecule has 6 nitrogen and oxygen atoms in total. The van der Waals surface area contributed by atoms with Gasteiger partial charge in [0.05, 0.1) is 19.4 Å². The van der Waals surface area contributed by atoms with Crippen molar-refractivity contribution in [1.29, 1.82) is 0 Å². The van der Waals surface area contributed by atoms with Crippen LogP contribution in [0, 0.1) is 6.92 Å². The second-order valence-corrected chi connectivity index (χ2v) is 5.59. The second-order valence-electron chi connectivity index (χ2n) is 5.59. The highest BCUT2D eigenvalue weighted by atomic mass is 16.5. The van der Waals surface area contributed by atoms with E-state index < -0.39 is 11.8 Å². The molecule has 0 spiro atoms. The molecule has 6 heteroatoms. The number of amides is 2. The Morgan fingerprint density at radius 1 is 0.960 bits per heavy atom. The third kappa shape index (κ3) is 5.32. The van der Waals surface area contributed by atoms with Crippen LogP contribution in [-0.2, 0) is 27.5 Å². The number of carbonyl (C=O) groups excluding carboxylic acids is 2. The molecule has 2 aromatic carbocycles. The van der Waals surface area contributed by atoms with Crippen LogP contribution in [0.5, 0.6) is 5.75 Å². The Morgan fingerprint density at radius 2 is 1.64 bits per heavy atom. The monoisotopic (exact) mass is 342 g/mol. The Hall–Kier alpha value is -2.86. The summed E-state index contributed by atoms with van der Waals surface area (Å²) in [6, 6.07) is 13.0. The van der Waals surface area contributed by atoms with E-state index in [-0.39, 0.29) is 6.54 Å². The standard InChI is InChI=1S/C19H22N2O4/c1-13-4-9-17(25-3)16(10-13)21-19(23)18(22)20-11-14-5-7-15(8-6-14)12-24-2/h4-10H,11-12H2,1-3H3,(H,20,22)(H,21,23). The van der Waals surface area contributed by atoms with Gasteiger partial charge >= 0.3 is 11.8 Å². The lowest BCUT2D eigenvalue weighted by Crippen LogP contribution is -2.35. The molecule has 0 heterocycles. The molecule has 0 saturated heterocycles. The minimum atomic E-state index is -0.736. The van der Waals surface area contributed by atoms with Gasteiger partial charge in [0.15, 0.2) is 0 Å². The van der Waals surface area contributed by atoms with E-state index in [4.69, 9.17) is 9.47 Å². The average molecular weight is 342 g/mol. The lowest BCUT2D eigenvalue weighted by molar-refractivity contribution is -0.136. The molecule has 2 rings (SSSR count). The first-order valence-corrected chi connectivity index (χ1v) is 7.84. The molecule has 0 aliphatic carbocycles. The number of methoxy groups -OCH3 is 2.